The molecular formula is C19H20FNOS. The third-order valence-electron chi connectivity index (χ3n) is 4.18. The van der Waals surface area contributed by atoms with E-state index in [1.165, 1.54) is 11.6 Å². The average molecular weight is 329 g/mol. The smallest absolute Gasteiger partial charge is 0.237 e. The van der Waals surface area contributed by atoms with Crippen molar-refractivity contribution in [3.8, 4) is 0 Å². The monoisotopic (exact) mass is 329 g/mol. The second-order valence-electron chi connectivity index (χ2n) is 5.90. The minimum Gasteiger partial charge on any atom is -0.309 e. The number of anilines is 1. The molecule has 2 nitrogen and oxygen atoms in total. The fourth-order valence-electron chi connectivity index (χ4n) is 3.00. The van der Waals surface area contributed by atoms with Crippen LogP contribution in [0.3, 0.4) is 0 Å². The summed E-state index contributed by atoms with van der Waals surface area (Å²) in [5.41, 5.74) is 3.03. The average Bonchev–Trinajstić information content (AvgIpc) is 2.56. The van der Waals surface area contributed by atoms with Crippen LogP contribution >= 0.6 is 11.8 Å². The predicted octanol–water partition coefficient (Wildman–Crippen LogP) is 4.43. The molecule has 23 heavy (non-hydrogen) atoms. The van der Waals surface area contributed by atoms with E-state index in [2.05, 4.69) is 19.1 Å². The molecule has 0 saturated heterocycles. The number of benzene rings is 2. The fraction of sp³-hybridized carbons (Fsp3) is 0.316. The fourth-order valence-corrected chi connectivity index (χ4v) is 3.84. The lowest BCUT2D eigenvalue weighted by Crippen LogP contribution is -2.43. The summed E-state index contributed by atoms with van der Waals surface area (Å²) in [4.78, 5) is 14.5. The lowest BCUT2D eigenvalue weighted by molar-refractivity contribution is -0.116. The van der Waals surface area contributed by atoms with Gasteiger partial charge in [-0.25, -0.2) is 4.39 Å². The van der Waals surface area contributed by atoms with Crippen LogP contribution in [0.1, 0.15) is 24.5 Å². The van der Waals surface area contributed by atoms with Gasteiger partial charge in [-0.15, -0.1) is 11.8 Å². The first-order valence-electron chi connectivity index (χ1n) is 7.87. The van der Waals surface area contributed by atoms with E-state index in [-0.39, 0.29) is 17.8 Å². The summed E-state index contributed by atoms with van der Waals surface area (Å²) in [7, 11) is 0. The molecular weight excluding hydrogens is 309 g/mol. The Morgan fingerprint density at radius 3 is 2.83 bits per heavy atom. The van der Waals surface area contributed by atoms with Gasteiger partial charge < -0.3 is 4.90 Å². The summed E-state index contributed by atoms with van der Waals surface area (Å²) < 4.78 is 13.4. The molecule has 3 rings (SSSR count). The lowest BCUT2D eigenvalue weighted by Gasteiger charge is -2.35. The van der Waals surface area contributed by atoms with E-state index in [1.54, 1.807) is 23.9 Å². The topological polar surface area (TPSA) is 20.3 Å². The Morgan fingerprint density at radius 2 is 2.04 bits per heavy atom. The van der Waals surface area contributed by atoms with E-state index in [0.29, 0.717) is 5.75 Å². The summed E-state index contributed by atoms with van der Waals surface area (Å²) in [6, 6.07) is 15.0. The van der Waals surface area contributed by atoms with Crippen molar-refractivity contribution < 1.29 is 9.18 Å². The second-order valence-corrected chi connectivity index (χ2v) is 6.89. The van der Waals surface area contributed by atoms with Crippen molar-refractivity contribution in [2.75, 3.05) is 10.7 Å². The van der Waals surface area contributed by atoms with Gasteiger partial charge in [-0.05, 0) is 49.1 Å². The zero-order valence-corrected chi connectivity index (χ0v) is 14.0. The number of carbonyl (C=O) groups is 1. The molecule has 1 heterocycles. The third-order valence-corrected chi connectivity index (χ3v) is 5.17. The van der Waals surface area contributed by atoms with E-state index in [0.717, 1.165) is 29.8 Å². The molecule has 4 heteroatoms. The quantitative estimate of drug-likeness (QED) is 0.827. The molecule has 0 unspecified atom stereocenters. The highest BCUT2D eigenvalue weighted by atomic mass is 32.2. The molecule has 0 saturated carbocycles. The molecule has 2 aromatic rings. The van der Waals surface area contributed by atoms with Crippen molar-refractivity contribution in [2.45, 2.75) is 31.6 Å². The molecule has 0 fully saturated rings. The van der Waals surface area contributed by atoms with Crippen LogP contribution in [0.25, 0.3) is 0 Å². The van der Waals surface area contributed by atoms with Crippen LogP contribution in [-0.2, 0) is 17.0 Å². The minimum atomic E-state index is -0.232. The molecule has 1 aliphatic rings. The highest BCUT2D eigenvalue weighted by Crippen LogP contribution is 2.32. The number of fused-ring (bicyclic) bond motifs is 1. The SMILES string of the molecule is C[C@@H]1CCc2cc(F)ccc2N1C(=O)CSCc1ccccc1. The molecule has 1 atom stereocenters. The first-order valence-corrected chi connectivity index (χ1v) is 9.03. The first kappa shape index (κ1) is 16.1. The van der Waals surface area contributed by atoms with Gasteiger partial charge in [0.2, 0.25) is 5.91 Å². The van der Waals surface area contributed by atoms with E-state index in [4.69, 9.17) is 0 Å². The summed E-state index contributed by atoms with van der Waals surface area (Å²) in [6.45, 7) is 2.06. The van der Waals surface area contributed by atoms with Gasteiger partial charge >= 0.3 is 0 Å². The van der Waals surface area contributed by atoms with Crippen molar-refractivity contribution >= 4 is 23.4 Å². The molecule has 0 aliphatic carbocycles. The van der Waals surface area contributed by atoms with E-state index in [1.807, 2.05) is 23.1 Å². The van der Waals surface area contributed by atoms with Gasteiger partial charge in [0, 0.05) is 17.5 Å². The number of halogens is 1. The number of carbonyl (C=O) groups excluding carboxylic acids is 1. The van der Waals surface area contributed by atoms with E-state index < -0.39 is 0 Å². The van der Waals surface area contributed by atoms with Crippen LogP contribution in [0.4, 0.5) is 10.1 Å². The Kier molecular flexibility index (Phi) is 5.01. The van der Waals surface area contributed by atoms with Crippen molar-refractivity contribution in [3.05, 3.63) is 65.5 Å². The van der Waals surface area contributed by atoms with Crippen LogP contribution < -0.4 is 4.90 Å². The Hall–Kier alpha value is -1.81. The van der Waals surface area contributed by atoms with Crippen LogP contribution in [0, 0.1) is 5.82 Å². The standard InChI is InChI=1S/C19H20FNOS/c1-14-7-8-16-11-17(20)9-10-18(16)21(14)19(22)13-23-12-15-5-3-2-4-6-15/h2-6,9-11,14H,7-8,12-13H2,1H3/t14-/m1/s1. The highest BCUT2D eigenvalue weighted by molar-refractivity contribution is 7.99. The lowest BCUT2D eigenvalue weighted by atomic mass is 9.96. The number of hydrogen-bond donors (Lipinski definition) is 0. The highest BCUT2D eigenvalue weighted by Gasteiger charge is 2.28. The molecule has 1 amide bonds. The van der Waals surface area contributed by atoms with Crippen molar-refractivity contribution in [1.82, 2.24) is 0 Å². The first-order chi connectivity index (χ1) is 11.1. The van der Waals surface area contributed by atoms with Crippen LogP contribution in [0.15, 0.2) is 48.5 Å². The predicted molar refractivity (Wildman–Crippen MR) is 94.3 cm³/mol. The van der Waals surface area contributed by atoms with Gasteiger partial charge in [0.1, 0.15) is 5.82 Å². The van der Waals surface area contributed by atoms with Gasteiger partial charge in [0.05, 0.1) is 5.75 Å². The normalized spacial score (nSPS) is 17.0. The molecule has 0 bridgehead atoms. The van der Waals surface area contributed by atoms with Crippen LogP contribution in [0.5, 0.6) is 0 Å². The molecule has 0 spiro atoms. The van der Waals surface area contributed by atoms with E-state index in [9.17, 15) is 9.18 Å². The number of amides is 1. The largest absolute Gasteiger partial charge is 0.309 e. The number of hydrogen-bond acceptors (Lipinski definition) is 2. The number of thioether (sulfide) groups is 1. The maximum atomic E-state index is 13.4. The summed E-state index contributed by atoms with van der Waals surface area (Å²) in [5, 5.41) is 0. The molecule has 1 aliphatic heterocycles. The molecule has 2 aromatic carbocycles. The van der Waals surface area contributed by atoms with Crippen molar-refractivity contribution in [1.29, 1.82) is 0 Å². The van der Waals surface area contributed by atoms with Gasteiger partial charge in [-0.3, -0.25) is 4.79 Å². The van der Waals surface area contributed by atoms with Gasteiger partial charge in [0.15, 0.2) is 0 Å². The summed E-state index contributed by atoms with van der Waals surface area (Å²) >= 11 is 1.62. The Bertz CT molecular complexity index is 689. The number of rotatable bonds is 4. The van der Waals surface area contributed by atoms with Gasteiger partial charge in [-0.2, -0.15) is 0 Å². The van der Waals surface area contributed by atoms with E-state index >= 15 is 0 Å². The molecule has 0 aromatic heterocycles. The maximum Gasteiger partial charge on any atom is 0.237 e. The zero-order valence-electron chi connectivity index (χ0n) is 13.2. The number of nitrogens with zero attached hydrogens (tertiary/aromatic N) is 1. The Labute approximate surface area is 140 Å². The summed E-state index contributed by atoms with van der Waals surface area (Å²) in [5.74, 6) is 1.14. The van der Waals surface area contributed by atoms with Gasteiger partial charge in [0.25, 0.3) is 0 Å². The van der Waals surface area contributed by atoms with Crippen molar-refractivity contribution in [2.24, 2.45) is 0 Å². The molecule has 0 N–H and O–H groups in total. The molecule has 120 valence electrons. The molecule has 0 radical (unpaired) electrons. The summed E-state index contributed by atoms with van der Waals surface area (Å²) in [6.07, 6.45) is 1.71. The Morgan fingerprint density at radius 1 is 1.26 bits per heavy atom. The maximum absolute atomic E-state index is 13.4. The second kappa shape index (κ2) is 7.18. The zero-order chi connectivity index (χ0) is 16.2. The Balaban J connectivity index is 1.67. The van der Waals surface area contributed by atoms with Crippen LogP contribution in [0.2, 0.25) is 0 Å². The van der Waals surface area contributed by atoms with Crippen molar-refractivity contribution in [3.63, 3.8) is 0 Å². The third kappa shape index (κ3) is 3.75. The van der Waals surface area contributed by atoms with Crippen LogP contribution in [-0.4, -0.2) is 17.7 Å². The number of aryl methyl sites for hydroxylation is 1. The van der Waals surface area contributed by atoms with Gasteiger partial charge in [-0.1, -0.05) is 30.3 Å². The minimum absolute atomic E-state index is 0.103.